The van der Waals surface area contributed by atoms with Crippen LogP contribution in [0.2, 0.25) is 0 Å². The van der Waals surface area contributed by atoms with Crippen molar-refractivity contribution in [2.45, 2.75) is 34.7 Å². The first-order valence-corrected chi connectivity index (χ1v) is 10.6. The van der Waals surface area contributed by atoms with Crippen molar-refractivity contribution >= 4 is 29.2 Å². The number of benzene rings is 1. The predicted molar refractivity (Wildman–Crippen MR) is 117 cm³/mol. The first kappa shape index (κ1) is 22.4. The normalized spacial score (nSPS) is 28.8. The molecule has 1 fully saturated rings. The van der Waals surface area contributed by atoms with Gasteiger partial charge in [0.25, 0.3) is 5.69 Å². The van der Waals surface area contributed by atoms with E-state index >= 15 is 0 Å². The fraction of sp³-hybridized carbons (Fsp3) is 0.286. The van der Waals surface area contributed by atoms with Crippen LogP contribution in [0.4, 0.5) is 5.69 Å². The molecule has 1 aromatic heterocycles. The molecule has 4 rings (SSSR count). The molecular weight excluding hydrogens is 438 g/mol. The van der Waals surface area contributed by atoms with E-state index in [0.717, 1.165) is 17.5 Å². The summed E-state index contributed by atoms with van der Waals surface area (Å²) in [4.78, 5) is 18.9. The number of rotatable bonds is 6. The number of aromatic amines is 1. The average Bonchev–Trinajstić information content (AvgIpc) is 3.50. The molecule has 2 aromatic rings. The number of aliphatic hydroxyl groups is 4. The summed E-state index contributed by atoms with van der Waals surface area (Å²) in [6.07, 6.45) is 1.29. The van der Waals surface area contributed by atoms with Gasteiger partial charge >= 0.3 is 0 Å². The van der Waals surface area contributed by atoms with E-state index in [1.807, 2.05) is 12.1 Å². The second kappa shape index (κ2) is 9.36. The largest absolute Gasteiger partial charge is 0.394 e. The number of aliphatic imine (C=N–C) groups is 1. The smallest absolute Gasteiger partial charge is 0.283 e. The summed E-state index contributed by atoms with van der Waals surface area (Å²) in [5.74, 6) is 0. The van der Waals surface area contributed by atoms with Crippen molar-refractivity contribution in [3.8, 4) is 0 Å². The maximum Gasteiger partial charge on any atom is 0.283 e. The Bertz CT molecular complexity index is 1070. The van der Waals surface area contributed by atoms with E-state index in [9.17, 15) is 30.5 Å². The molecule has 5 atom stereocenters. The number of nitro benzene ring substituents is 1. The van der Waals surface area contributed by atoms with Gasteiger partial charge in [-0.3, -0.25) is 15.1 Å². The van der Waals surface area contributed by atoms with Crippen LogP contribution in [0.25, 0.3) is 5.57 Å². The van der Waals surface area contributed by atoms with Crippen molar-refractivity contribution in [1.29, 1.82) is 0 Å². The highest BCUT2D eigenvalue weighted by Gasteiger charge is 2.44. The molecule has 1 saturated heterocycles. The van der Waals surface area contributed by atoms with Crippen molar-refractivity contribution in [2.24, 2.45) is 4.99 Å². The van der Waals surface area contributed by atoms with Crippen LogP contribution in [-0.4, -0.2) is 73.0 Å². The van der Waals surface area contributed by atoms with Gasteiger partial charge in [0.05, 0.1) is 22.1 Å². The van der Waals surface area contributed by atoms with Gasteiger partial charge in [0.2, 0.25) is 0 Å². The van der Waals surface area contributed by atoms with Crippen molar-refractivity contribution < 1.29 is 30.1 Å². The third-order valence-corrected chi connectivity index (χ3v) is 6.43. The monoisotopic (exact) mass is 459 g/mol. The van der Waals surface area contributed by atoms with Crippen LogP contribution in [0.3, 0.4) is 0 Å². The van der Waals surface area contributed by atoms with Gasteiger partial charge < -0.3 is 30.1 Å². The molecule has 5 N–H and O–H groups in total. The van der Waals surface area contributed by atoms with Crippen LogP contribution < -0.4 is 0 Å². The number of nitro groups is 1. The molecule has 0 spiro atoms. The fourth-order valence-corrected chi connectivity index (χ4v) is 4.73. The Balaban J connectivity index is 1.70. The molecule has 0 saturated carbocycles. The number of thioether (sulfide) groups is 1. The number of H-pyrrole nitrogens is 1. The zero-order valence-corrected chi connectivity index (χ0v) is 17.4. The van der Waals surface area contributed by atoms with Crippen LogP contribution in [0.15, 0.2) is 64.3 Å². The number of aliphatic hydroxyl groups excluding tert-OH is 4. The SMILES string of the molecule is O=[N+]([O-])c1cc(/C(=C2\C=CC=N2)c2ccc[nH]2)ccc1SC1OC(CO)C(O)C(O)C1O. The Morgan fingerprint density at radius 2 is 2.03 bits per heavy atom. The Labute approximate surface area is 186 Å². The minimum atomic E-state index is -1.56. The summed E-state index contributed by atoms with van der Waals surface area (Å²) in [6, 6.07) is 8.30. The Morgan fingerprint density at radius 1 is 1.22 bits per heavy atom. The summed E-state index contributed by atoms with van der Waals surface area (Å²) in [7, 11) is 0. The van der Waals surface area contributed by atoms with Gasteiger partial charge in [-0.2, -0.15) is 0 Å². The highest BCUT2D eigenvalue weighted by Crippen LogP contribution is 2.40. The highest BCUT2D eigenvalue weighted by molar-refractivity contribution is 8.00. The van der Waals surface area contributed by atoms with Gasteiger partial charge in [0.1, 0.15) is 29.9 Å². The number of aromatic nitrogens is 1. The molecule has 1 aromatic carbocycles. The summed E-state index contributed by atoms with van der Waals surface area (Å²) >= 11 is 0.839. The number of nitrogens with zero attached hydrogens (tertiary/aromatic N) is 2. The third kappa shape index (κ3) is 4.26. The molecule has 10 nitrogen and oxygen atoms in total. The average molecular weight is 459 g/mol. The molecule has 0 amide bonds. The summed E-state index contributed by atoms with van der Waals surface area (Å²) in [5.41, 5.74) is 1.30. The maximum absolute atomic E-state index is 11.9. The highest BCUT2D eigenvalue weighted by atomic mass is 32.2. The molecule has 0 radical (unpaired) electrons. The standard InChI is InChI=1S/C21H21N3O7S/c25-10-15-18(26)19(27)20(28)21(31-15)32-16-6-5-11(9-14(16)24(29)30)17(12-3-1-7-22-12)13-4-2-8-23-13/h1-9,15,18-22,25-28H,10H2/b17-13-. The second-order valence-electron chi connectivity index (χ2n) is 7.24. The Kier molecular flexibility index (Phi) is 6.55. The molecule has 2 aliphatic rings. The molecule has 32 heavy (non-hydrogen) atoms. The first-order valence-electron chi connectivity index (χ1n) is 9.75. The van der Waals surface area contributed by atoms with E-state index < -0.39 is 41.4 Å². The van der Waals surface area contributed by atoms with Crippen LogP contribution in [0.1, 0.15) is 11.3 Å². The molecule has 5 unspecified atom stereocenters. The van der Waals surface area contributed by atoms with Crippen molar-refractivity contribution in [1.82, 2.24) is 4.98 Å². The lowest BCUT2D eigenvalue weighted by atomic mass is 10.00. The zero-order chi connectivity index (χ0) is 22.8. The third-order valence-electron chi connectivity index (χ3n) is 5.21. The Morgan fingerprint density at radius 3 is 2.66 bits per heavy atom. The lowest BCUT2D eigenvalue weighted by Gasteiger charge is -2.39. The van der Waals surface area contributed by atoms with Crippen LogP contribution >= 0.6 is 11.8 Å². The first-order chi connectivity index (χ1) is 15.4. The maximum atomic E-state index is 11.9. The molecule has 0 aliphatic carbocycles. The number of allylic oxidation sites excluding steroid dienone is 2. The van der Waals surface area contributed by atoms with Crippen molar-refractivity contribution in [2.75, 3.05) is 6.61 Å². The molecular formula is C21H21N3O7S. The lowest BCUT2D eigenvalue weighted by Crippen LogP contribution is -2.57. The molecule has 11 heteroatoms. The summed E-state index contributed by atoms with van der Waals surface area (Å²) in [5, 5.41) is 51.4. The van der Waals surface area contributed by atoms with Crippen LogP contribution in [-0.2, 0) is 4.74 Å². The van der Waals surface area contributed by atoms with Gasteiger partial charge in [0, 0.05) is 29.7 Å². The quantitative estimate of drug-likeness (QED) is 0.318. The van der Waals surface area contributed by atoms with E-state index in [-0.39, 0.29) is 10.6 Å². The second-order valence-corrected chi connectivity index (χ2v) is 8.38. The van der Waals surface area contributed by atoms with Gasteiger partial charge in [-0.25, -0.2) is 0 Å². The van der Waals surface area contributed by atoms with E-state index in [0.29, 0.717) is 16.8 Å². The summed E-state index contributed by atoms with van der Waals surface area (Å²) in [6.45, 7) is -0.579. The van der Waals surface area contributed by atoms with Crippen molar-refractivity contribution in [3.05, 3.63) is 75.7 Å². The van der Waals surface area contributed by atoms with E-state index in [2.05, 4.69) is 9.98 Å². The molecule has 3 heterocycles. The topological polar surface area (TPSA) is 161 Å². The Hall–Kier alpha value is -2.80. The minimum Gasteiger partial charge on any atom is -0.394 e. The van der Waals surface area contributed by atoms with Crippen LogP contribution in [0.5, 0.6) is 0 Å². The van der Waals surface area contributed by atoms with E-state index in [1.165, 1.54) is 12.1 Å². The fourth-order valence-electron chi connectivity index (χ4n) is 3.58. The number of ether oxygens (including phenoxy) is 1. The van der Waals surface area contributed by atoms with Gasteiger partial charge in [-0.15, -0.1) is 0 Å². The van der Waals surface area contributed by atoms with E-state index in [1.54, 1.807) is 30.6 Å². The summed E-state index contributed by atoms with van der Waals surface area (Å²) < 4.78 is 5.47. The van der Waals surface area contributed by atoms with Gasteiger partial charge in [-0.1, -0.05) is 17.8 Å². The molecule has 0 bridgehead atoms. The lowest BCUT2D eigenvalue weighted by molar-refractivity contribution is -0.387. The molecule has 168 valence electrons. The van der Waals surface area contributed by atoms with Gasteiger partial charge in [-0.05, 0) is 35.9 Å². The zero-order valence-electron chi connectivity index (χ0n) is 16.6. The van der Waals surface area contributed by atoms with E-state index in [4.69, 9.17) is 4.74 Å². The minimum absolute atomic E-state index is 0.199. The number of hydrogen-bond acceptors (Lipinski definition) is 9. The van der Waals surface area contributed by atoms with Crippen molar-refractivity contribution in [3.63, 3.8) is 0 Å². The number of hydrogen-bond donors (Lipinski definition) is 5. The predicted octanol–water partition coefficient (Wildman–Crippen LogP) is 1.21. The van der Waals surface area contributed by atoms with Crippen LogP contribution in [0, 0.1) is 10.1 Å². The number of nitrogens with one attached hydrogen (secondary N) is 1. The van der Waals surface area contributed by atoms with Gasteiger partial charge in [0.15, 0.2) is 0 Å². The molecule has 2 aliphatic heterocycles.